The average Bonchev–Trinajstić information content (AvgIpc) is 3.86. The molecule has 0 spiro atoms. The Morgan fingerprint density at radius 2 is 0.688 bits per heavy atom. The maximum atomic E-state index is 2.49. The van der Waals surface area contributed by atoms with Crippen LogP contribution in [0.1, 0.15) is 22.3 Å². The van der Waals surface area contributed by atoms with E-state index in [4.69, 9.17) is 0 Å². The van der Waals surface area contributed by atoms with Gasteiger partial charge >= 0.3 is 0 Å². The van der Waals surface area contributed by atoms with E-state index in [1.807, 2.05) is 0 Å². The topological polar surface area (TPSA) is 3.24 Å². The molecule has 14 aromatic carbocycles. The van der Waals surface area contributed by atoms with E-state index in [1.165, 1.54) is 105 Å². The van der Waals surface area contributed by atoms with Gasteiger partial charge in [-0.15, -0.1) is 0 Å². The molecule has 1 heteroatoms. The van der Waals surface area contributed by atoms with Crippen molar-refractivity contribution >= 4 is 49.4 Å². The Balaban J connectivity index is 0.939. The van der Waals surface area contributed by atoms with Crippen LogP contribution in [0.5, 0.6) is 0 Å². The van der Waals surface area contributed by atoms with Gasteiger partial charge in [0.05, 0.1) is 11.1 Å². The van der Waals surface area contributed by atoms with Crippen molar-refractivity contribution in [2.24, 2.45) is 0 Å². The Hall–Kier alpha value is -10.3. The standard InChI is InChI=1S/C79H53N/c1-5-23-58(24-6-1)77-72-36-16-15-34-68(72)69-50-46-60(52-73(69)78(77)59-25-7-2-8-26-59)67-33-18-20-39-76(67)80(63-47-44-55(45-48-63)54-40-42-57(43-41-54)66-37-21-27-56-22-13-14-32-65(56)66)64-49-51-71-70-35-17-19-38-74(70)79(75(71)53-64,61-28-9-3-10-29-61)62-30-11-4-12-31-62/h1-53H. The molecular weight excluding hydrogens is 963 g/mol. The lowest BCUT2D eigenvalue weighted by Gasteiger charge is -2.35. The first-order valence-electron chi connectivity index (χ1n) is 27.7. The molecule has 14 aromatic rings. The number of rotatable bonds is 10. The first kappa shape index (κ1) is 46.9. The fraction of sp³-hybridized carbons (Fsp3) is 0.0127. The summed E-state index contributed by atoms with van der Waals surface area (Å²) in [7, 11) is 0. The number of para-hydroxylation sites is 1. The Kier molecular flexibility index (Phi) is 11.5. The van der Waals surface area contributed by atoms with Crippen molar-refractivity contribution in [3.63, 3.8) is 0 Å². The van der Waals surface area contributed by atoms with Crippen molar-refractivity contribution in [1.82, 2.24) is 0 Å². The summed E-state index contributed by atoms with van der Waals surface area (Å²) in [4.78, 5) is 2.49. The summed E-state index contributed by atoms with van der Waals surface area (Å²) in [6, 6.07) is 119. The van der Waals surface area contributed by atoms with Gasteiger partial charge in [-0.05, 0) is 152 Å². The molecule has 374 valence electrons. The van der Waals surface area contributed by atoms with Crippen molar-refractivity contribution in [3.8, 4) is 66.8 Å². The largest absolute Gasteiger partial charge is 0.310 e. The summed E-state index contributed by atoms with van der Waals surface area (Å²) in [5, 5.41) is 7.44. The van der Waals surface area contributed by atoms with Crippen LogP contribution < -0.4 is 4.90 Å². The quantitative estimate of drug-likeness (QED) is 0.123. The number of nitrogens with zero attached hydrogens (tertiary/aromatic N) is 1. The molecule has 0 saturated carbocycles. The van der Waals surface area contributed by atoms with Gasteiger partial charge in [0.1, 0.15) is 0 Å². The molecule has 0 unspecified atom stereocenters. The molecule has 0 bridgehead atoms. The van der Waals surface area contributed by atoms with Gasteiger partial charge in [-0.2, -0.15) is 0 Å². The lowest BCUT2D eigenvalue weighted by molar-refractivity contribution is 0.768. The molecule has 80 heavy (non-hydrogen) atoms. The average molecular weight is 1020 g/mol. The summed E-state index contributed by atoms with van der Waals surface area (Å²) < 4.78 is 0. The lowest BCUT2D eigenvalue weighted by atomic mass is 9.67. The number of hydrogen-bond acceptors (Lipinski definition) is 1. The zero-order valence-corrected chi connectivity index (χ0v) is 44.0. The van der Waals surface area contributed by atoms with Crippen molar-refractivity contribution < 1.29 is 0 Å². The molecule has 0 N–H and O–H groups in total. The van der Waals surface area contributed by atoms with Gasteiger partial charge in [0, 0.05) is 16.9 Å². The highest BCUT2D eigenvalue weighted by Gasteiger charge is 2.46. The molecule has 0 saturated heterocycles. The molecule has 0 radical (unpaired) electrons. The third-order valence-corrected chi connectivity index (χ3v) is 16.8. The van der Waals surface area contributed by atoms with Crippen molar-refractivity contribution in [3.05, 3.63) is 344 Å². The molecular formula is C79H53N. The second-order valence-electron chi connectivity index (χ2n) is 21.0. The third-order valence-electron chi connectivity index (χ3n) is 16.8. The summed E-state index contributed by atoms with van der Waals surface area (Å²) >= 11 is 0. The van der Waals surface area contributed by atoms with E-state index in [0.29, 0.717) is 0 Å². The SMILES string of the molecule is c1ccc(-c2c(-c3ccccc3)c3cc(-c4ccccc4N(c4ccc(-c5ccc(-c6cccc7ccccc67)cc5)cc4)c4ccc5c(c4)C(c4ccccc4)(c4ccccc4)c4ccccc4-5)ccc3c3ccccc23)cc1. The molecule has 0 amide bonds. The third kappa shape index (κ3) is 7.70. The van der Waals surface area contributed by atoms with Crippen LogP contribution in [0.2, 0.25) is 0 Å². The van der Waals surface area contributed by atoms with Crippen molar-refractivity contribution in [2.75, 3.05) is 4.90 Å². The van der Waals surface area contributed by atoms with Gasteiger partial charge in [0.25, 0.3) is 0 Å². The van der Waals surface area contributed by atoms with Crippen LogP contribution in [-0.2, 0) is 5.41 Å². The van der Waals surface area contributed by atoms with Gasteiger partial charge in [-0.25, -0.2) is 0 Å². The molecule has 0 heterocycles. The predicted molar refractivity (Wildman–Crippen MR) is 338 cm³/mol. The summed E-state index contributed by atoms with van der Waals surface area (Å²) in [6.07, 6.45) is 0. The Morgan fingerprint density at radius 1 is 0.225 bits per heavy atom. The summed E-state index contributed by atoms with van der Waals surface area (Å²) in [5.74, 6) is 0. The molecule has 0 atom stereocenters. The number of fused-ring (bicyclic) bond motifs is 7. The van der Waals surface area contributed by atoms with E-state index in [1.54, 1.807) is 0 Å². The highest BCUT2D eigenvalue weighted by molar-refractivity contribution is 6.22. The summed E-state index contributed by atoms with van der Waals surface area (Å²) in [6.45, 7) is 0. The van der Waals surface area contributed by atoms with Gasteiger partial charge in [0.2, 0.25) is 0 Å². The van der Waals surface area contributed by atoms with Crippen LogP contribution in [0.15, 0.2) is 322 Å². The highest BCUT2D eigenvalue weighted by atomic mass is 15.1. The molecule has 15 rings (SSSR count). The van der Waals surface area contributed by atoms with Gasteiger partial charge < -0.3 is 4.90 Å². The highest BCUT2D eigenvalue weighted by Crippen LogP contribution is 2.58. The number of benzene rings is 14. The monoisotopic (exact) mass is 1020 g/mol. The fourth-order valence-electron chi connectivity index (χ4n) is 13.2. The molecule has 1 nitrogen and oxygen atoms in total. The van der Waals surface area contributed by atoms with Crippen LogP contribution >= 0.6 is 0 Å². The molecule has 0 fully saturated rings. The second-order valence-corrected chi connectivity index (χ2v) is 21.0. The summed E-state index contributed by atoms with van der Waals surface area (Å²) in [5.41, 5.74) is 22.1. The van der Waals surface area contributed by atoms with Crippen LogP contribution in [0, 0.1) is 0 Å². The van der Waals surface area contributed by atoms with Crippen LogP contribution in [0.4, 0.5) is 17.1 Å². The fourth-order valence-corrected chi connectivity index (χ4v) is 13.2. The van der Waals surface area contributed by atoms with Gasteiger partial charge in [-0.3, -0.25) is 0 Å². The van der Waals surface area contributed by atoms with E-state index in [2.05, 4.69) is 326 Å². The van der Waals surface area contributed by atoms with E-state index in [0.717, 1.165) is 33.8 Å². The van der Waals surface area contributed by atoms with Crippen LogP contribution in [0.3, 0.4) is 0 Å². The minimum atomic E-state index is -0.566. The molecule has 0 aliphatic heterocycles. The zero-order valence-electron chi connectivity index (χ0n) is 44.0. The first-order chi connectivity index (χ1) is 39.7. The molecule has 1 aliphatic rings. The maximum absolute atomic E-state index is 2.49. The van der Waals surface area contributed by atoms with E-state index >= 15 is 0 Å². The normalized spacial score (nSPS) is 12.3. The predicted octanol–water partition coefficient (Wildman–Crippen LogP) is 21.3. The Bertz CT molecular complexity index is 4560. The van der Waals surface area contributed by atoms with Gasteiger partial charge in [0.15, 0.2) is 0 Å². The zero-order chi connectivity index (χ0) is 53.0. The minimum absolute atomic E-state index is 0.566. The Labute approximate surface area is 467 Å². The second kappa shape index (κ2) is 19.6. The van der Waals surface area contributed by atoms with E-state index in [9.17, 15) is 0 Å². The van der Waals surface area contributed by atoms with Crippen LogP contribution in [-0.4, -0.2) is 0 Å². The number of anilines is 3. The minimum Gasteiger partial charge on any atom is -0.310 e. The lowest BCUT2D eigenvalue weighted by Crippen LogP contribution is -2.28. The maximum Gasteiger partial charge on any atom is 0.0714 e. The van der Waals surface area contributed by atoms with E-state index in [-0.39, 0.29) is 0 Å². The van der Waals surface area contributed by atoms with Crippen molar-refractivity contribution in [1.29, 1.82) is 0 Å². The Morgan fingerprint density at radius 3 is 1.38 bits per heavy atom. The molecule has 1 aliphatic carbocycles. The smallest absolute Gasteiger partial charge is 0.0714 e. The van der Waals surface area contributed by atoms with Crippen molar-refractivity contribution in [2.45, 2.75) is 5.41 Å². The van der Waals surface area contributed by atoms with Gasteiger partial charge in [-0.1, -0.05) is 285 Å². The van der Waals surface area contributed by atoms with E-state index < -0.39 is 5.41 Å². The number of hydrogen-bond donors (Lipinski definition) is 0. The first-order valence-corrected chi connectivity index (χ1v) is 27.7. The van der Waals surface area contributed by atoms with Crippen LogP contribution in [0.25, 0.3) is 99.1 Å². The molecule has 0 aromatic heterocycles.